The van der Waals surface area contributed by atoms with Gasteiger partial charge in [-0.3, -0.25) is 15.6 Å². The lowest BCUT2D eigenvalue weighted by Crippen LogP contribution is -2.18. The van der Waals surface area contributed by atoms with Crippen molar-refractivity contribution in [3.8, 4) is 0 Å². The number of hydrogen-bond donors (Lipinski definition) is 3. The first-order chi connectivity index (χ1) is 9.65. The number of aryl methyl sites for hydroxylation is 2. The van der Waals surface area contributed by atoms with Crippen LogP contribution in [0.2, 0.25) is 0 Å². The van der Waals surface area contributed by atoms with Crippen LogP contribution in [0.3, 0.4) is 0 Å². The summed E-state index contributed by atoms with van der Waals surface area (Å²) in [6.45, 7) is 3.89. The van der Waals surface area contributed by atoms with E-state index in [1.165, 1.54) is 6.20 Å². The Morgan fingerprint density at radius 1 is 1.30 bits per heavy atom. The van der Waals surface area contributed by atoms with Gasteiger partial charge in [0, 0.05) is 17.6 Å². The summed E-state index contributed by atoms with van der Waals surface area (Å²) in [5, 5.41) is 2.90. The van der Waals surface area contributed by atoms with Gasteiger partial charge in [-0.1, -0.05) is 25.1 Å². The van der Waals surface area contributed by atoms with Crippen LogP contribution in [0, 0.1) is 6.92 Å². The molecular weight excluding hydrogens is 252 g/mol. The van der Waals surface area contributed by atoms with Gasteiger partial charge in [0.05, 0.1) is 11.3 Å². The number of hydrogen-bond acceptors (Lipinski definition) is 4. The molecule has 0 unspecified atom stereocenters. The van der Waals surface area contributed by atoms with Gasteiger partial charge in [0.25, 0.3) is 5.91 Å². The van der Waals surface area contributed by atoms with Crippen molar-refractivity contribution in [2.75, 3.05) is 10.7 Å². The Morgan fingerprint density at radius 2 is 2.05 bits per heavy atom. The largest absolute Gasteiger partial charge is 0.323 e. The molecule has 5 nitrogen and oxygen atoms in total. The Bertz CT molecular complexity index is 625. The van der Waals surface area contributed by atoms with Crippen LogP contribution in [0.5, 0.6) is 0 Å². The number of nitrogen functional groups attached to an aromatic ring is 1. The molecule has 0 saturated carbocycles. The number of carbonyl (C=O) groups is 1. The smallest absolute Gasteiger partial charge is 0.259 e. The van der Waals surface area contributed by atoms with E-state index in [-0.39, 0.29) is 5.91 Å². The van der Waals surface area contributed by atoms with Crippen molar-refractivity contribution in [1.82, 2.24) is 4.98 Å². The fourth-order valence-electron chi connectivity index (χ4n) is 2.00. The molecule has 104 valence electrons. The van der Waals surface area contributed by atoms with Crippen molar-refractivity contribution < 1.29 is 4.79 Å². The van der Waals surface area contributed by atoms with Crippen molar-refractivity contribution >= 4 is 17.3 Å². The molecule has 0 radical (unpaired) electrons. The van der Waals surface area contributed by atoms with Gasteiger partial charge in [-0.05, 0) is 31.0 Å². The van der Waals surface area contributed by atoms with Crippen LogP contribution in [-0.4, -0.2) is 10.9 Å². The lowest BCUT2D eigenvalue weighted by Gasteiger charge is -2.12. The number of benzene rings is 1. The highest BCUT2D eigenvalue weighted by molar-refractivity contribution is 6.08. The maximum atomic E-state index is 12.3. The number of pyridine rings is 1. The second-order valence-electron chi connectivity index (χ2n) is 4.48. The van der Waals surface area contributed by atoms with Gasteiger partial charge in [-0.2, -0.15) is 0 Å². The highest BCUT2D eigenvalue weighted by Gasteiger charge is 2.13. The van der Waals surface area contributed by atoms with Crippen LogP contribution >= 0.6 is 0 Å². The maximum absolute atomic E-state index is 12.3. The summed E-state index contributed by atoms with van der Waals surface area (Å²) in [4.78, 5) is 16.5. The number of anilines is 2. The second-order valence-corrected chi connectivity index (χ2v) is 4.48. The van der Waals surface area contributed by atoms with Crippen molar-refractivity contribution in [3.63, 3.8) is 0 Å². The minimum absolute atomic E-state index is 0.230. The first-order valence-electron chi connectivity index (χ1n) is 6.48. The van der Waals surface area contributed by atoms with E-state index in [2.05, 4.69) is 15.7 Å². The third kappa shape index (κ3) is 2.95. The molecule has 0 aliphatic heterocycles. The minimum Gasteiger partial charge on any atom is -0.323 e. The van der Waals surface area contributed by atoms with E-state index < -0.39 is 0 Å². The third-order valence-electron chi connectivity index (χ3n) is 3.09. The average molecular weight is 270 g/mol. The van der Waals surface area contributed by atoms with Gasteiger partial charge in [-0.25, -0.2) is 0 Å². The van der Waals surface area contributed by atoms with Crippen LogP contribution in [-0.2, 0) is 6.42 Å². The van der Waals surface area contributed by atoms with Crippen LogP contribution in [0.15, 0.2) is 36.5 Å². The Hall–Kier alpha value is -2.40. The van der Waals surface area contributed by atoms with E-state index in [4.69, 9.17) is 5.84 Å². The minimum atomic E-state index is -0.230. The van der Waals surface area contributed by atoms with Crippen molar-refractivity contribution in [2.45, 2.75) is 20.3 Å². The molecule has 20 heavy (non-hydrogen) atoms. The standard InChI is InChI=1S/C15H18N4O/c1-3-11-6-4-5-7-13(11)18-15(20)12-9-17-10(2)8-14(12)19-16/h4-9H,3,16H2,1-2H3,(H,17,19)(H,18,20). The summed E-state index contributed by atoms with van der Waals surface area (Å²) in [5.74, 6) is 5.22. The highest BCUT2D eigenvalue weighted by atomic mass is 16.1. The number of rotatable bonds is 4. The first-order valence-corrected chi connectivity index (χ1v) is 6.48. The average Bonchev–Trinajstić information content (AvgIpc) is 2.47. The predicted molar refractivity (Wildman–Crippen MR) is 80.6 cm³/mol. The van der Waals surface area contributed by atoms with Gasteiger partial charge >= 0.3 is 0 Å². The van der Waals surface area contributed by atoms with Crippen molar-refractivity contribution in [3.05, 3.63) is 53.3 Å². The molecule has 0 spiro atoms. The number of hydrazine groups is 1. The summed E-state index contributed by atoms with van der Waals surface area (Å²) in [5.41, 5.74) is 6.20. The van der Waals surface area contributed by atoms with Gasteiger partial charge in [0.15, 0.2) is 0 Å². The van der Waals surface area contributed by atoms with Gasteiger partial charge in [0.1, 0.15) is 0 Å². The molecule has 5 heteroatoms. The topological polar surface area (TPSA) is 80.0 Å². The number of para-hydroxylation sites is 1. The SMILES string of the molecule is CCc1ccccc1NC(=O)c1cnc(C)cc1NN. The summed E-state index contributed by atoms with van der Waals surface area (Å²) < 4.78 is 0. The monoisotopic (exact) mass is 270 g/mol. The number of aromatic nitrogens is 1. The number of amides is 1. The molecule has 1 amide bonds. The fraction of sp³-hybridized carbons (Fsp3) is 0.200. The number of nitrogens with one attached hydrogen (secondary N) is 2. The van der Waals surface area contributed by atoms with E-state index in [1.54, 1.807) is 6.07 Å². The summed E-state index contributed by atoms with van der Waals surface area (Å²) in [6, 6.07) is 9.46. The lowest BCUT2D eigenvalue weighted by atomic mass is 10.1. The van der Waals surface area contributed by atoms with Crippen LogP contribution in [0.4, 0.5) is 11.4 Å². The van der Waals surface area contributed by atoms with Crippen LogP contribution in [0.25, 0.3) is 0 Å². The van der Waals surface area contributed by atoms with Crippen molar-refractivity contribution in [1.29, 1.82) is 0 Å². The van der Waals surface area contributed by atoms with E-state index in [1.807, 2.05) is 38.1 Å². The highest BCUT2D eigenvalue weighted by Crippen LogP contribution is 2.19. The van der Waals surface area contributed by atoms with E-state index in [0.29, 0.717) is 11.3 Å². The zero-order chi connectivity index (χ0) is 14.5. The molecule has 1 aromatic heterocycles. The first kappa shape index (κ1) is 14.0. The van der Waals surface area contributed by atoms with E-state index >= 15 is 0 Å². The van der Waals surface area contributed by atoms with Gasteiger partial charge < -0.3 is 10.7 Å². The van der Waals surface area contributed by atoms with E-state index in [0.717, 1.165) is 23.4 Å². The molecular formula is C15H18N4O. The zero-order valence-electron chi connectivity index (χ0n) is 11.6. The van der Waals surface area contributed by atoms with E-state index in [9.17, 15) is 4.79 Å². The molecule has 2 rings (SSSR count). The maximum Gasteiger partial charge on any atom is 0.259 e. The molecule has 0 fully saturated rings. The molecule has 0 aliphatic carbocycles. The molecule has 0 atom stereocenters. The Balaban J connectivity index is 2.28. The molecule has 0 aliphatic rings. The Morgan fingerprint density at radius 3 is 2.75 bits per heavy atom. The number of nitrogens with two attached hydrogens (primary N) is 1. The lowest BCUT2D eigenvalue weighted by molar-refractivity contribution is 0.102. The summed E-state index contributed by atoms with van der Waals surface area (Å²) in [6.07, 6.45) is 2.37. The molecule has 0 saturated heterocycles. The fourth-order valence-corrected chi connectivity index (χ4v) is 2.00. The normalized spacial score (nSPS) is 10.2. The van der Waals surface area contributed by atoms with Gasteiger partial charge in [-0.15, -0.1) is 0 Å². The van der Waals surface area contributed by atoms with Crippen LogP contribution < -0.4 is 16.6 Å². The molecule has 1 aromatic carbocycles. The quantitative estimate of drug-likeness (QED) is 0.589. The molecule has 0 bridgehead atoms. The second kappa shape index (κ2) is 6.16. The van der Waals surface area contributed by atoms with Gasteiger partial charge in [0.2, 0.25) is 0 Å². The Labute approximate surface area is 118 Å². The predicted octanol–water partition coefficient (Wildman–Crippen LogP) is 2.49. The number of carbonyl (C=O) groups excluding carboxylic acids is 1. The molecule has 1 heterocycles. The molecule has 2 aromatic rings. The summed E-state index contributed by atoms with van der Waals surface area (Å²) in [7, 11) is 0. The van der Waals surface area contributed by atoms with Crippen LogP contribution in [0.1, 0.15) is 28.5 Å². The summed E-state index contributed by atoms with van der Waals surface area (Å²) >= 11 is 0. The number of nitrogens with zero attached hydrogens (tertiary/aromatic N) is 1. The zero-order valence-corrected chi connectivity index (χ0v) is 11.6. The van der Waals surface area contributed by atoms with Crippen molar-refractivity contribution in [2.24, 2.45) is 5.84 Å². The molecule has 4 N–H and O–H groups in total. The Kier molecular flexibility index (Phi) is 4.32. The third-order valence-corrected chi connectivity index (χ3v) is 3.09.